The zero-order valence-electron chi connectivity index (χ0n) is 15.1. The highest BCUT2D eigenvalue weighted by Gasteiger charge is 2.39. The van der Waals surface area contributed by atoms with Crippen LogP contribution in [0.5, 0.6) is 0 Å². The predicted octanol–water partition coefficient (Wildman–Crippen LogP) is 3.53. The quantitative estimate of drug-likeness (QED) is 0.828. The zero-order valence-corrected chi connectivity index (χ0v) is 15.9. The van der Waals surface area contributed by atoms with Gasteiger partial charge in [0, 0.05) is 36.3 Å². The molecular formula is C18H20ClF3N4O2. The van der Waals surface area contributed by atoms with Crippen molar-refractivity contribution in [2.75, 3.05) is 7.05 Å². The summed E-state index contributed by atoms with van der Waals surface area (Å²) in [6.07, 6.45) is -0.483. The Labute approximate surface area is 165 Å². The minimum absolute atomic E-state index is 0. The lowest BCUT2D eigenvalue weighted by Gasteiger charge is -2.35. The van der Waals surface area contributed by atoms with Crippen LogP contribution in [0.3, 0.4) is 0 Å². The molecule has 152 valence electrons. The predicted molar refractivity (Wildman–Crippen MR) is 97.0 cm³/mol. The second-order valence-corrected chi connectivity index (χ2v) is 7.18. The van der Waals surface area contributed by atoms with E-state index in [4.69, 9.17) is 0 Å². The van der Waals surface area contributed by atoms with E-state index in [0.717, 1.165) is 25.7 Å². The second-order valence-electron chi connectivity index (χ2n) is 7.18. The lowest BCUT2D eigenvalue weighted by Crippen LogP contribution is -2.48. The summed E-state index contributed by atoms with van der Waals surface area (Å²) in [4.78, 5) is 17.9. The standard InChI is InChI=1S/C18H19F3N4O2.ClH/c1-25(14-8-12-6-7-13(9-14)22-12)16(26)11-4-2-10(3-5-11)15-23-17(27-24-15)18(19,20)21;/h2-5,12-14,22H,6-9H2,1H3;1H. The van der Waals surface area contributed by atoms with E-state index in [1.165, 1.54) is 12.1 Å². The Morgan fingerprint density at radius 1 is 1.18 bits per heavy atom. The molecule has 1 N–H and O–H groups in total. The third-order valence-electron chi connectivity index (χ3n) is 5.37. The van der Waals surface area contributed by atoms with Gasteiger partial charge in [-0.1, -0.05) is 17.3 Å². The Bertz CT molecular complexity index is 828. The van der Waals surface area contributed by atoms with Gasteiger partial charge in [-0.05, 0) is 37.8 Å². The van der Waals surface area contributed by atoms with Crippen LogP contribution in [0, 0.1) is 0 Å². The molecule has 10 heteroatoms. The minimum Gasteiger partial charge on any atom is -0.339 e. The molecule has 0 radical (unpaired) electrons. The molecule has 1 aromatic carbocycles. The number of nitrogens with zero attached hydrogens (tertiary/aromatic N) is 3. The summed E-state index contributed by atoms with van der Waals surface area (Å²) in [7, 11) is 1.81. The zero-order chi connectivity index (χ0) is 19.2. The van der Waals surface area contributed by atoms with Gasteiger partial charge in [0.15, 0.2) is 0 Å². The molecule has 28 heavy (non-hydrogen) atoms. The number of hydrogen-bond donors (Lipinski definition) is 1. The number of piperidine rings is 1. The number of halogens is 4. The van der Waals surface area contributed by atoms with Crippen LogP contribution in [-0.2, 0) is 6.18 Å². The topological polar surface area (TPSA) is 71.3 Å². The number of rotatable bonds is 3. The third kappa shape index (κ3) is 4.00. The van der Waals surface area contributed by atoms with Crippen LogP contribution in [0.15, 0.2) is 28.8 Å². The van der Waals surface area contributed by atoms with E-state index in [9.17, 15) is 18.0 Å². The number of nitrogens with one attached hydrogen (secondary N) is 1. The van der Waals surface area contributed by atoms with Crippen LogP contribution in [0.1, 0.15) is 41.9 Å². The first kappa shape index (κ1) is 20.6. The molecule has 6 nitrogen and oxygen atoms in total. The molecule has 4 rings (SSSR count). The maximum absolute atomic E-state index is 12.8. The van der Waals surface area contributed by atoms with Crippen molar-refractivity contribution in [3.05, 3.63) is 35.7 Å². The van der Waals surface area contributed by atoms with Crippen molar-refractivity contribution < 1.29 is 22.5 Å². The fourth-order valence-electron chi connectivity index (χ4n) is 3.93. The molecule has 1 amide bonds. The van der Waals surface area contributed by atoms with Crippen molar-refractivity contribution in [2.24, 2.45) is 0 Å². The summed E-state index contributed by atoms with van der Waals surface area (Å²) in [5.41, 5.74) is 0.833. The fraction of sp³-hybridized carbons (Fsp3) is 0.500. The van der Waals surface area contributed by atoms with Gasteiger partial charge in [0.1, 0.15) is 0 Å². The van der Waals surface area contributed by atoms with Crippen molar-refractivity contribution >= 4 is 18.3 Å². The lowest BCUT2D eigenvalue weighted by atomic mass is 9.98. The molecule has 1 aromatic heterocycles. The fourth-order valence-corrected chi connectivity index (χ4v) is 3.93. The first-order valence-electron chi connectivity index (χ1n) is 8.86. The van der Waals surface area contributed by atoms with Crippen molar-refractivity contribution in [1.82, 2.24) is 20.4 Å². The molecule has 2 aliphatic heterocycles. The van der Waals surface area contributed by atoms with Crippen LogP contribution in [0.4, 0.5) is 13.2 Å². The largest absolute Gasteiger partial charge is 0.471 e. The Balaban J connectivity index is 0.00000225. The third-order valence-corrected chi connectivity index (χ3v) is 5.37. The summed E-state index contributed by atoms with van der Waals surface area (Å²) in [5, 5.41) is 6.90. The Hall–Kier alpha value is -2.13. The highest BCUT2D eigenvalue weighted by atomic mass is 35.5. The van der Waals surface area contributed by atoms with Gasteiger partial charge in [0.25, 0.3) is 5.91 Å². The van der Waals surface area contributed by atoms with Crippen molar-refractivity contribution in [3.63, 3.8) is 0 Å². The number of aromatic nitrogens is 2. The Morgan fingerprint density at radius 3 is 2.32 bits per heavy atom. The van der Waals surface area contributed by atoms with Crippen LogP contribution in [-0.4, -0.2) is 46.1 Å². The van der Waals surface area contributed by atoms with Gasteiger partial charge in [-0.25, -0.2) is 0 Å². The van der Waals surface area contributed by atoms with Crippen molar-refractivity contribution in [2.45, 2.75) is 50.0 Å². The SMILES string of the molecule is CN(C(=O)c1ccc(-c2noc(C(F)(F)F)n2)cc1)C1CC2CCC(C1)N2.Cl. The van der Waals surface area contributed by atoms with Gasteiger partial charge in [-0.3, -0.25) is 4.79 Å². The van der Waals surface area contributed by atoms with E-state index < -0.39 is 12.1 Å². The summed E-state index contributed by atoms with van der Waals surface area (Å²) < 4.78 is 41.9. The van der Waals surface area contributed by atoms with Crippen LogP contribution in [0.2, 0.25) is 0 Å². The molecular weight excluding hydrogens is 397 g/mol. The smallest absolute Gasteiger partial charge is 0.339 e. The van der Waals surface area contributed by atoms with Crippen LogP contribution in [0.25, 0.3) is 11.4 Å². The van der Waals surface area contributed by atoms with Gasteiger partial charge in [-0.15, -0.1) is 12.4 Å². The molecule has 2 atom stereocenters. The molecule has 0 aliphatic carbocycles. The summed E-state index contributed by atoms with van der Waals surface area (Å²) in [5.74, 6) is -1.65. The number of carbonyl (C=O) groups excluding carboxylic acids is 1. The maximum Gasteiger partial charge on any atom is 0.471 e. The molecule has 2 aromatic rings. The van der Waals surface area contributed by atoms with E-state index in [1.807, 2.05) is 0 Å². The minimum atomic E-state index is -4.68. The average Bonchev–Trinajstić information content (AvgIpc) is 3.27. The normalized spacial score (nSPS) is 23.9. The molecule has 2 bridgehead atoms. The molecule has 3 heterocycles. The van der Waals surface area contributed by atoms with Crippen LogP contribution >= 0.6 is 12.4 Å². The number of fused-ring (bicyclic) bond motifs is 2. The first-order valence-corrected chi connectivity index (χ1v) is 8.86. The van der Waals surface area contributed by atoms with E-state index in [2.05, 4.69) is 20.0 Å². The maximum atomic E-state index is 12.8. The highest BCUT2D eigenvalue weighted by molar-refractivity contribution is 5.94. The molecule has 2 aliphatic rings. The average molecular weight is 417 g/mol. The van der Waals surface area contributed by atoms with E-state index in [0.29, 0.717) is 23.2 Å². The Kier molecular flexibility index (Phi) is 5.67. The monoisotopic (exact) mass is 416 g/mol. The van der Waals surface area contributed by atoms with Gasteiger partial charge in [0.2, 0.25) is 5.82 Å². The molecule has 2 saturated heterocycles. The number of alkyl halides is 3. The van der Waals surface area contributed by atoms with Crippen molar-refractivity contribution in [1.29, 1.82) is 0 Å². The number of carbonyl (C=O) groups is 1. The molecule has 0 saturated carbocycles. The van der Waals surface area contributed by atoms with Gasteiger partial charge in [0.05, 0.1) is 0 Å². The summed E-state index contributed by atoms with van der Waals surface area (Å²) >= 11 is 0. The van der Waals surface area contributed by atoms with Gasteiger partial charge < -0.3 is 14.7 Å². The second kappa shape index (κ2) is 7.71. The number of amides is 1. The molecule has 0 spiro atoms. The Morgan fingerprint density at radius 2 is 1.79 bits per heavy atom. The highest BCUT2D eigenvalue weighted by Crippen LogP contribution is 2.31. The molecule has 2 unspecified atom stereocenters. The van der Waals surface area contributed by atoms with Crippen molar-refractivity contribution in [3.8, 4) is 11.4 Å². The van der Waals surface area contributed by atoms with E-state index in [-0.39, 0.29) is 30.2 Å². The summed E-state index contributed by atoms with van der Waals surface area (Å²) in [6, 6.07) is 7.36. The van der Waals surface area contributed by atoms with Gasteiger partial charge >= 0.3 is 12.1 Å². The summed E-state index contributed by atoms with van der Waals surface area (Å²) in [6.45, 7) is 0. The molecule has 2 fully saturated rings. The number of benzene rings is 1. The van der Waals surface area contributed by atoms with E-state index in [1.54, 1.807) is 24.1 Å². The van der Waals surface area contributed by atoms with E-state index >= 15 is 0 Å². The van der Waals surface area contributed by atoms with Gasteiger partial charge in [-0.2, -0.15) is 18.2 Å². The lowest BCUT2D eigenvalue weighted by molar-refractivity contribution is -0.159. The van der Waals surface area contributed by atoms with Crippen LogP contribution < -0.4 is 5.32 Å². The number of hydrogen-bond acceptors (Lipinski definition) is 5. The first-order chi connectivity index (χ1) is 12.8.